The Balaban J connectivity index is 1.62. The highest BCUT2D eigenvalue weighted by Crippen LogP contribution is 2.62. The summed E-state index contributed by atoms with van der Waals surface area (Å²) in [5.41, 5.74) is 7.32. The molecule has 2 heteroatoms. The molecule has 2 aliphatic rings. The molecule has 0 N–H and O–H groups in total. The Morgan fingerprint density at radius 1 is 0.643 bits per heavy atom. The molecule has 0 saturated carbocycles. The van der Waals surface area contributed by atoms with Crippen LogP contribution in [0.15, 0.2) is 158 Å². The van der Waals surface area contributed by atoms with E-state index >= 15 is 4.79 Å². The van der Waals surface area contributed by atoms with Crippen LogP contribution in [0.25, 0.3) is 11.1 Å². The summed E-state index contributed by atoms with van der Waals surface area (Å²) in [6.45, 7) is 2.34. The Morgan fingerprint density at radius 2 is 1.17 bits per heavy atom. The molecule has 2 nitrogen and oxygen atoms in total. The van der Waals surface area contributed by atoms with Gasteiger partial charge in [-0.2, -0.15) is 0 Å². The van der Waals surface area contributed by atoms with E-state index in [4.69, 9.17) is 0 Å². The summed E-state index contributed by atoms with van der Waals surface area (Å²) in [4.78, 5) is 17.5. The van der Waals surface area contributed by atoms with Crippen molar-refractivity contribution in [3.63, 3.8) is 0 Å². The van der Waals surface area contributed by atoms with E-state index in [9.17, 15) is 0 Å². The van der Waals surface area contributed by atoms with Crippen LogP contribution in [0, 0.1) is 5.92 Å². The van der Waals surface area contributed by atoms with Gasteiger partial charge in [0.2, 0.25) is 0 Å². The molecule has 0 unspecified atom stereocenters. The van der Waals surface area contributed by atoms with Crippen molar-refractivity contribution in [2.24, 2.45) is 5.92 Å². The Morgan fingerprint density at radius 3 is 1.81 bits per heavy atom. The quantitative estimate of drug-likeness (QED) is 0.206. The summed E-state index contributed by atoms with van der Waals surface area (Å²) in [6, 6.07) is 50.2. The molecular weight excluding hydrogens is 510 g/mol. The predicted molar refractivity (Wildman–Crippen MR) is 174 cm³/mol. The highest BCUT2D eigenvalue weighted by atomic mass is 16.1. The number of rotatable bonds is 5. The van der Waals surface area contributed by atoms with Crippen molar-refractivity contribution in [1.29, 1.82) is 0 Å². The number of carbonyl (C=O) groups is 1. The molecule has 5 aromatic rings. The fraction of sp³-hybridized carbons (Fsp3) is 0.125. The number of nitrogens with zero attached hydrogens (tertiary/aromatic N) is 1. The van der Waals surface area contributed by atoms with Crippen molar-refractivity contribution in [3.05, 3.63) is 186 Å². The van der Waals surface area contributed by atoms with Crippen molar-refractivity contribution in [2.75, 3.05) is 11.9 Å². The molecule has 0 radical (unpaired) electrons. The van der Waals surface area contributed by atoms with Crippen LogP contribution in [0.2, 0.25) is 0 Å². The largest absolute Gasteiger partial charge is 0.363 e. The number of anilines is 1. The van der Waals surface area contributed by atoms with E-state index in [1.165, 1.54) is 11.1 Å². The summed E-state index contributed by atoms with van der Waals surface area (Å²) in [6.07, 6.45) is 4.65. The second kappa shape index (κ2) is 10.2. The maximum Gasteiger partial charge on any atom is 0.173 e. The smallest absolute Gasteiger partial charge is 0.173 e. The highest BCUT2D eigenvalue weighted by Gasteiger charge is 2.64. The SMILES string of the molecule is CN1c2ccccc2[C@](C)(c2ccccc2)[C@]12C=C(c1ccccc1)C=C(c1ccccc1)[C@@H]2C(=O)c1ccccc1. The molecule has 0 bridgehead atoms. The normalized spacial score (nSPS) is 22.8. The van der Waals surface area contributed by atoms with Crippen molar-refractivity contribution < 1.29 is 4.79 Å². The molecule has 5 aromatic carbocycles. The van der Waals surface area contributed by atoms with Gasteiger partial charge in [-0.3, -0.25) is 4.79 Å². The van der Waals surface area contributed by atoms with Gasteiger partial charge < -0.3 is 4.90 Å². The van der Waals surface area contributed by atoms with Crippen LogP contribution in [-0.2, 0) is 5.41 Å². The number of ketones is 1. The first kappa shape index (κ1) is 26.0. The van der Waals surface area contributed by atoms with Crippen LogP contribution >= 0.6 is 0 Å². The molecule has 0 saturated heterocycles. The van der Waals surface area contributed by atoms with Crippen LogP contribution in [0.3, 0.4) is 0 Å². The van der Waals surface area contributed by atoms with Gasteiger partial charge >= 0.3 is 0 Å². The minimum absolute atomic E-state index is 0.121. The molecule has 0 aromatic heterocycles. The van der Waals surface area contributed by atoms with Gasteiger partial charge in [-0.25, -0.2) is 0 Å². The predicted octanol–water partition coefficient (Wildman–Crippen LogP) is 8.86. The van der Waals surface area contributed by atoms with E-state index in [0.29, 0.717) is 0 Å². The minimum atomic E-state index is -0.754. The number of Topliss-reactive ketones (excluding diaryl/α,β-unsaturated/α-hetero) is 1. The fourth-order valence-electron chi connectivity index (χ4n) is 7.46. The van der Waals surface area contributed by atoms with Crippen LogP contribution in [0.4, 0.5) is 5.69 Å². The minimum Gasteiger partial charge on any atom is -0.363 e. The van der Waals surface area contributed by atoms with Crippen LogP contribution in [-0.4, -0.2) is 18.4 Å². The van der Waals surface area contributed by atoms with E-state index in [1.54, 1.807) is 0 Å². The third kappa shape index (κ3) is 3.75. The summed E-state index contributed by atoms with van der Waals surface area (Å²) < 4.78 is 0. The Kier molecular flexibility index (Phi) is 6.28. The van der Waals surface area contributed by atoms with Gasteiger partial charge in [0, 0.05) is 23.7 Å². The molecule has 1 aliphatic carbocycles. The monoisotopic (exact) mass is 543 g/mol. The molecule has 1 spiro atoms. The number of hydrogen-bond donors (Lipinski definition) is 0. The zero-order valence-corrected chi connectivity index (χ0v) is 23.9. The van der Waals surface area contributed by atoms with Gasteiger partial charge in [0.25, 0.3) is 0 Å². The lowest BCUT2D eigenvalue weighted by Crippen LogP contribution is -2.62. The summed E-state index contributed by atoms with van der Waals surface area (Å²) in [7, 11) is 2.17. The summed E-state index contributed by atoms with van der Waals surface area (Å²) in [5.74, 6) is -0.367. The number of allylic oxidation sites excluding steroid dienone is 2. The van der Waals surface area contributed by atoms with E-state index < -0.39 is 16.9 Å². The van der Waals surface area contributed by atoms with Crippen LogP contribution < -0.4 is 4.90 Å². The Bertz CT molecular complexity index is 1810. The van der Waals surface area contributed by atoms with Crippen molar-refractivity contribution in [3.8, 4) is 0 Å². The molecule has 204 valence electrons. The van der Waals surface area contributed by atoms with Gasteiger partial charge in [0.1, 0.15) is 0 Å². The zero-order valence-electron chi connectivity index (χ0n) is 23.9. The maximum atomic E-state index is 15.1. The van der Waals surface area contributed by atoms with Gasteiger partial charge in [0.05, 0.1) is 11.5 Å². The van der Waals surface area contributed by atoms with Crippen molar-refractivity contribution >= 4 is 22.6 Å². The van der Waals surface area contributed by atoms with Gasteiger partial charge in [-0.05, 0) is 58.5 Å². The summed E-state index contributed by atoms with van der Waals surface area (Å²) >= 11 is 0. The number of para-hydroxylation sites is 1. The molecule has 0 amide bonds. The Labute approximate surface area is 248 Å². The average Bonchev–Trinajstić information content (AvgIpc) is 3.25. The fourth-order valence-corrected chi connectivity index (χ4v) is 7.46. The zero-order chi connectivity index (χ0) is 28.7. The first-order valence-electron chi connectivity index (χ1n) is 14.6. The standard InChI is InChI=1S/C40H33NO/c1-39(33-23-13-6-14-24-33)35-25-15-16-26-36(35)41(2)40(39)28-32(29-17-7-3-8-18-29)27-34(30-19-9-4-10-20-30)37(40)38(42)31-21-11-5-12-22-31/h3-28,37H,1-2H3/t37-,39+,40-/m1/s1. The number of likely N-dealkylation sites (N-methyl/N-ethyl adjacent to an activating group) is 1. The van der Waals surface area contributed by atoms with Gasteiger partial charge in [-0.1, -0.05) is 140 Å². The number of benzene rings is 5. The lowest BCUT2D eigenvalue weighted by Gasteiger charge is -2.53. The third-order valence-electron chi connectivity index (χ3n) is 9.48. The Hall–Kier alpha value is -4.95. The number of fused-ring (bicyclic) bond motifs is 1. The second-order valence-corrected chi connectivity index (χ2v) is 11.5. The van der Waals surface area contributed by atoms with Crippen molar-refractivity contribution in [2.45, 2.75) is 17.9 Å². The first-order valence-corrected chi connectivity index (χ1v) is 14.6. The highest BCUT2D eigenvalue weighted by molar-refractivity contribution is 6.10. The summed E-state index contributed by atoms with van der Waals surface area (Å²) in [5, 5.41) is 0. The van der Waals surface area contributed by atoms with Crippen molar-refractivity contribution in [1.82, 2.24) is 0 Å². The molecule has 0 fully saturated rings. The average molecular weight is 544 g/mol. The van der Waals surface area contributed by atoms with E-state index in [2.05, 4.69) is 140 Å². The topological polar surface area (TPSA) is 20.3 Å². The molecular formula is C40H33NO. The molecule has 7 rings (SSSR count). The van der Waals surface area contributed by atoms with E-state index in [-0.39, 0.29) is 5.78 Å². The number of hydrogen-bond acceptors (Lipinski definition) is 2. The first-order chi connectivity index (χ1) is 20.6. The maximum absolute atomic E-state index is 15.1. The van der Waals surface area contributed by atoms with Gasteiger partial charge in [-0.15, -0.1) is 0 Å². The molecule has 3 atom stereocenters. The lowest BCUT2D eigenvalue weighted by atomic mass is 9.54. The second-order valence-electron chi connectivity index (χ2n) is 11.5. The van der Waals surface area contributed by atoms with Crippen LogP contribution in [0.5, 0.6) is 0 Å². The molecule has 1 heterocycles. The number of carbonyl (C=O) groups excluding carboxylic acids is 1. The van der Waals surface area contributed by atoms with Gasteiger partial charge in [0.15, 0.2) is 5.78 Å². The van der Waals surface area contributed by atoms with Crippen LogP contribution in [0.1, 0.15) is 39.5 Å². The van der Waals surface area contributed by atoms with E-state index in [1.807, 2.05) is 36.4 Å². The van der Waals surface area contributed by atoms with E-state index in [0.717, 1.165) is 33.5 Å². The lowest BCUT2D eigenvalue weighted by molar-refractivity contribution is 0.0892. The third-order valence-corrected chi connectivity index (χ3v) is 9.48. The molecule has 1 aliphatic heterocycles. The molecule has 42 heavy (non-hydrogen) atoms.